The van der Waals surface area contributed by atoms with E-state index in [1.54, 1.807) is 36.5 Å². The van der Waals surface area contributed by atoms with E-state index in [2.05, 4.69) is 15.6 Å². The van der Waals surface area contributed by atoms with Gasteiger partial charge in [-0.15, -0.1) is 0 Å². The third-order valence-electron chi connectivity index (χ3n) is 3.79. The molecule has 3 aromatic rings. The lowest BCUT2D eigenvalue weighted by atomic mass is 10.2. The molecule has 146 valence electrons. The van der Waals surface area contributed by atoms with Crippen LogP contribution in [-0.4, -0.2) is 29.9 Å². The highest BCUT2D eigenvalue weighted by molar-refractivity contribution is 6.36. The zero-order chi connectivity index (χ0) is 19.9. The van der Waals surface area contributed by atoms with Crippen molar-refractivity contribution in [3.8, 4) is 11.3 Å². The van der Waals surface area contributed by atoms with Gasteiger partial charge in [0.25, 0.3) is 5.91 Å². The van der Waals surface area contributed by atoms with Crippen LogP contribution in [-0.2, 0) is 11.2 Å². The minimum atomic E-state index is -0.326. The highest BCUT2D eigenvalue weighted by atomic mass is 35.5. The largest absolute Gasteiger partial charge is 0.459 e. The van der Waals surface area contributed by atoms with E-state index in [4.69, 9.17) is 32.0 Å². The molecular weight excluding hydrogens is 405 g/mol. The van der Waals surface area contributed by atoms with E-state index in [0.29, 0.717) is 46.8 Å². The van der Waals surface area contributed by atoms with Gasteiger partial charge in [-0.05, 0) is 30.3 Å². The smallest absolute Gasteiger partial charge is 0.287 e. The highest BCUT2D eigenvalue weighted by Gasteiger charge is 2.12. The van der Waals surface area contributed by atoms with Crippen molar-refractivity contribution in [2.45, 2.75) is 12.8 Å². The zero-order valence-corrected chi connectivity index (χ0v) is 16.2. The van der Waals surface area contributed by atoms with E-state index in [1.807, 2.05) is 0 Å². The van der Waals surface area contributed by atoms with E-state index >= 15 is 0 Å². The third kappa shape index (κ3) is 5.37. The van der Waals surface area contributed by atoms with Crippen molar-refractivity contribution in [2.75, 3.05) is 13.1 Å². The lowest BCUT2D eigenvalue weighted by Crippen LogP contribution is -2.34. The van der Waals surface area contributed by atoms with Crippen molar-refractivity contribution in [3.63, 3.8) is 0 Å². The van der Waals surface area contributed by atoms with Gasteiger partial charge in [-0.2, -0.15) is 0 Å². The Morgan fingerprint density at radius 2 is 1.93 bits per heavy atom. The molecule has 0 saturated heterocycles. The molecule has 0 saturated carbocycles. The Labute approximate surface area is 171 Å². The van der Waals surface area contributed by atoms with Gasteiger partial charge in [-0.25, -0.2) is 4.98 Å². The van der Waals surface area contributed by atoms with Crippen LogP contribution in [0.3, 0.4) is 0 Å². The number of nitrogens with one attached hydrogen (secondary N) is 2. The number of nitrogens with zero attached hydrogens (tertiary/aromatic N) is 1. The molecule has 2 N–H and O–H groups in total. The molecule has 0 aliphatic rings. The van der Waals surface area contributed by atoms with Crippen LogP contribution in [0.25, 0.3) is 11.3 Å². The summed E-state index contributed by atoms with van der Waals surface area (Å²) in [5.74, 6) is 0.677. The summed E-state index contributed by atoms with van der Waals surface area (Å²) in [7, 11) is 0. The molecule has 0 atom stereocenters. The summed E-state index contributed by atoms with van der Waals surface area (Å²) in [5.41, 5.74) is 0.682. The molecule has 9 heteroatoms. The molecule has 0 spiro atoms. The number of rotatable bonds is 8. The van der Waals surface area contributed by atoms with E-state index < -0.39 is 0 Å². The quantitative estimate of drug-likeness (QED) is 0.540. The highest BCUT2D eigenvalue weighted by Crippen LogP contribution is 2.30. The Bertz CT molecular complexity index is 954. The topological polar surface area (TPSA) is 97.4 Å². The van der Waals surface area contributed by atoms with Crippen LogP contribution in [0.2, 0.25) is 10.0 Å². The third-order valence-corrected chi connectivity index (χ3v) is 4.34. The fourth-order valence-electron chi connectivity index (χ4n) is 2.42. The number of aryl methyl sites for hydroxylation is 1. The van der Waals surface area contributed by atoms with E-state index in [-0.39, 0.29) is 24.0 Å². The Hall–Kier alpha value is -2.77. The van der Waals surface area contributed by atoms with Crippen LogP contribution >= 0.6 is 23.2 Å². The first-order valence-electron chi connectivity index (χ1n) is 8.51. The standard InChI is InChI=1S/C19H17Cl2N3O4/c20-12-3-4-13(14(21)10-12)16-11-24-18(28-16)6-5-17(25)22-7-8-23-19(26)15-2-1-9-27-15/h1-4,9-11H,5-8H2,(H,22,25)(H,23,26). The van der Waals surface area contributed by atoms with E-state index in [1.165, 1.54) is 6.26 Å². The van der Waals surface area contributed by atoms with Crippen molar-refractivity contribution in [1.82, 2.24) is 15.6 Å². The monoisotopic (exact) mass is 421 g/mol. The number of hydrogen-bond donors (Lipinski definition) is 2. The van der Waals surface area contributed by atoms with Gasteiger partial charge in [-0.3, -0.25) is 9.59 Å². The molecule has 2 amide bonds. The molecule has 0 fully saturated rings. The fraction of sp³-hybridized carbons (Fsp3) is 0.211. The van der Waals surface area contributed by atoms with Gasteiger partial charge in [0, 0.05) is 36.5 Å². The first kappa shape index (κ1) is 20.0. The van der Waals surface area contributed by atoms with Gasteiger partial charge in [0.2, 0.25) is 5.91 Å². The Balaban J connectivity index is 1.40. The first-order chi connectivity index (χ1) is 13.5. The van der Waals surface area contributed by atoms with Crippen LogP contribution < -0.4 is 10.6 Å². The van der Waals surface area contributed by atoms with Gasteiger partial charge >= 0.3 is 0 Å². The van der Waals surface area contributed by atoms with Crippen LogP contribution in [0.1, 0.15) is 22.9 Å². The number of oxazole rings is 1. The zero-order valence-electron chi connectivity index (χ0n) is 14.7. The maximum absolute atomic E-state index is 11.9. The average Bonchev–Trinajstić information content (AvgIpc) is 3.35. The summed E-state index contributed by atoms with van der Waals surface area (Å²) in [5, 5.41) is 6.36. The second-order valence-corrected chi connectivity index (χ2v) is 6.67. The predicted octanol–water partition coefficient (Wildman–Crippen LogP) is 3.72. The number of benzene rings is 1. The van der Waals surface area contributed by atoms with Gasteiger partial charge in [0.05, 0.1) is 17.5 Å². The molecule has 0 bridgehead atoms. The Kier molecular flexibility index (Phi) is 6.73. The van der Waals surface area contributed by atoms with Crippen LogP contribution in [0.15, 0.2) is 51.6 Å². The predicted molar refractivity (Wildman–Crippen MR) is 104 cm³/mol. The van der Waals surface area contributed by atoms with Crippen LogP contribution in [0.4, 0.5) is 0 Å². The Morgan fingerprint density at radius 1 is 1.11 bits per heavy atom. The van der Waals surface area contributed by atoms with Gasteiger partial charge in [-0.1, -0.05) is 23.2 Å². The minimum Gasteiger partial charge on any atom is -0.459 e. The van der Waals surface area contributed by atoms with Crippen molar-refractivity contribution in [1.29, 1.82) is 0 Å². The number of halogens is 2. The lowest BCUT2D eigenvalue weighted by Gasteiger charge is -2.05. The SMILES string of the molecule is O=C(CCc1ncc(-c2ccc(Cl)cc2Cl)o1)NCCNC(=O)c1ccco1. The minimum absolute atomic E-state index is 0.170. The van der Waals surface area contributed by atoms with Crippen molar-refractivity contribution in [2.24, 2.45) is 0 Å². The van der Waals surface area contributed by atoms with Crippen LogP contribution in [0, 0.1) is 0 Å². The number of aromatic nitrogens is 1. The van der Waals surface area contributed by atoms with Crippen LogP contribution in [0.5, 0.6) is 0 Å². The summed E-state index contributed by atoms with van der Waals surface area (Å²) in [6.07, 6.45) is 3.54. The average molecular weight is 422 g/mol. The first-order valence-corrected chi connectivity index (χ1v) is 9.27. The lowest BCUT2D eigenvalue weighted by molar-refractivity contribution is -0.121. The number of amides is 2. The number of furan rings is 1. The summed E-state index contributed by atoms with van der Waals surface area (Å²) in [6.45, 7) is 0.603. The number of carbonyl (C=O) groups is 2. The molecule has 0 aliphatic heterocycles. The summed E-state index contributed by atoms with van der Waals surface area (Å²) < 4.78 is 10.6. The number of hydrogen-bond acceptors (Lipinski definition) is 5. The normalized spacial score (nSPS) is 10.6. The molecule has 2 aromatic heterocycles. The summed E-state index contributed by atoms with van der Waals surface area (Å²) >= 11 is 12.0. The molecule has 0 unspecified atom stereocenters. The Morgan fingerprint density at radius 3 is 2.68 bits per heavy atom. The van der Waals surface area contributed by atoms with Gasteiger partial charge in [0.1, 0.15) is 0 Å². The molecule has 28 heavy (non-hydrogen) atoms. The molecule has 7 nitrogen and oxygen atoms in total. The van der Waals surface area contributed by atoms with Crippen molar-refractivity contribution in [3.05, 3.63) is 64.5 Å². The number of carbonyl (C=O) groups excluding carboxylic acids is 2. The summed E-state index contributed by atoms with van der Waals surface area (Å²) in [6, 6.07) is 8.28. The second kappa shape index (κ2) is 9.43. The van der Waals surface area contributed by atoms with Crippen molar-refractivity contribution >= 4 is 35.0 Å². The van der Waals surface area contributed by atoms with Crippen molar-refractivity contribution < 1.29 is 18.4 Å². The van der Waals surface area contributed by atoms with E-state index in [9.17, 15) is 9.59 Å². The summed E-state index contributed by atoms with van der Waals surface area (Å²) in [4.78, 5) is 27.7. The second-order valence-electron chi connectivity index (χ2n) is 5.83. The fourth-order valence-corrected chi connectivity index (χ4v) is 2.92. The molecular formula is C19H17Cl2N3O4. The molecule has 1 aromatic carbocycles. The van der Waals surface area contributed by atoms with Gasteiger partial charge in [0.15, 0.2) is 17.4 Å². The molecule has 0 aliphatic carbocycles. The van der Waals surface area contributed by atoms with E-state index in [0.717, 1.165) is 0 Å². The maximum Gasteiger partial charge on any atom is 0.287 e. The van der Waals surface area contributed by atoms with Gasteiger partial charge < -0.3 is 19.5 Å². The molecule has 3 rings (SSSR count). The maximum atomic E-state index is 11.9. The molecule has 2 heterocycles. The molecule has 0 radical (unpaired) electrons.